The molecule has 3 rings (SSSR count). The molecule has 1 atom stereocenters. The van der Waals surface area contributed by atoms with Crippen molar-refractivity contribution >= 4 is 11.8 Å². The van der Waals surface area contributed by atoms with Crippen molar-refractivity contribution in [3.05, 3.63) is 23.8 Å². The Balaban J connectivity index is 1.72. The van der Waals surface area contributed by atoms with Crippen LogP contribution in [0.4, 0.5) is 0 Å². The molecule has 6 nitrogen and oxygen atoms in total. The molecule has 0 bridgehead atoms. The van der Waals surface area contributed by atoms with Gasteiger partial charge in [0.2, 0.25) is 5.91 Å². The number of piperidine rings is 2. The Morgan fingerprint density at radius 3 is 2.62 bits per heavy atom. The first-order chi connectivity index (χ1) is 11.6. The van der Waals surface area contributed by atoms with Crippen molar-refractivity contribution in [1.29, 1.82) is 0 Å². The first-order valence-electron chi connectivity index (χ1n) is 8.95. The Labute approximate surface area is 143 Å². The average Bonchev–Trinajstić information content (AvgIpc) is 2.63. The van der Waals surface area contributed by atoms with Crippen LogP contribution in [0.2, 0.25) is 0 Å². The molecule has 0 saturated carbocycles. The lowest BCUT2D eigenvalue weighted by molar-refractivity contribution is -0.138. The topological polar surface area (TPSA) is 66.4 Å². The minimum atomic E-state index is 0.0108. The molecule has 0 aliphatic carbocycles. The molecule has 2 saturated heterocycles. The van der Waals surface area contributed by atoms with Crippen LogP contribution >= 0.6 is 0 Å². The molecule has 1 aromatic heterocycles. The first-order valence-corrected chi connectivity index (χ1v) is 8.95. The van der Waals surface area contributed by atoms with Gasteiger partial charge in [0.1, 0.15) is 5.82 Å². The second-order valence-electron chi connectivity index (χ2n) is 6.98. The van der Waals surface area contributed by atoms with Gasteiger partial charge in [-0.25, -0.2) is 9.97 Å². The van der Waals surface area contributed by atoms with Crippen LogP contribution in [0.15, 0.2) is 12.4 Å². The van der Waals surface area contributed by atoms with Crippen molar-refractivity contribution in [2.24, 2.45) is 5.41 Å². The van der Waals surface area contributed by atoms with E-state index in [2.05, 4.69) is 9.97 Å². The summed E-state index contributed by atoms with van der Waals surface area (Å²) in [6.07, 6.45) is 7.61. The van der Waals surface area contributed by atoms with Crippen LogP contribution in [0.25, 0.3) is 0 Å². The smallest absolute Gasteiger partial charge is 0.257 e. The van der Waals surface area contributed by atoms with E-state index in [9.17, 15) is 9.59 Å². The minimum absolute atomic E-state index is 0.0108. The zero-order valence-electron chi connectivity index (χ0n) is 14.6. The summed E-state index contributed by atoms with van der Waals surface area (Å²) in [6, 6.07) is 0. The van der Waals surface area contributed by atoms with Crippen LogP contribution in [-0.2, 0) is 11.2 Å². The van der Waals surface area contributed by atoms with Crippen LogP contribution in [0.1, 0.15) is 55.7 Å². The number of aromatic nitrogens is 2. The zero-order chi connectivity index (χ0) is 17.2. The van der Waals surface area contributed by atoms with Crippen molar-refractivity contribution in [3.63, 3.8) is 0 Å². The fraction of sp³-hybridized carbons (Fsp3) is 0.667. The largest absolute Gasteiger partial charge is 0.342 e. The normalized spacial score (nSPS) is 24.5. The SMILES string of the molecule is CCc1ncc(C(=O)N2CCC[C@@]3(CCC(=O)N(CC)C3)C2)cn1. The number of nitrogens with zero attached hydrogens (tertiary/aromatic N) is 4. The van der Waals surface area contributed by atoms with Gasteiger partial charge >= 0.3 is 0 Å². The van der Waals surface area contributed by atoms with E-state index in [0.29, 0.717) is 12.0 Å². The number of carbonyl (C=O) groups excluding carboxylic acids is 2. The molecule has 1 spiro atoms. The van der Waals surface area contributed by atoms with Gasteiger partial charge in [-0.05, 0) is 26.2 Å². The lowest BCUT2D eigenvalue weighted by Gasteiger charge is -2.48. The summed E-state index contributed by atoms with van der Waals surface area (Å²) in [4.78, 5) is 37.1. The van der Waals surface area contributed by atoms with E-state index in [1.807, 2.05) is 23.6 Å². The van der Waals surface area contributed by atoms with E-state index in [0.717, 1.165) is 57.7 Å². The maximum Gasteiger partial charge on any atom is 0.257 e. The van der Waals surface area contributed by atoms with Gasteiger partial charge < -0.3 is 9.80 Å². The Bertz CT molecular complexity index is 616. The van der Waals surface area contributed by atoms with Crippen molar-refractivity contribution in [1.82, 2.24) is 19.8 Å². The van der Waals surface area contributed by atoms with E-state index in [1.54, 1.807) is 12.4 Å². The molecule has 3 heterocycles. The summed E-state index contributed by atoms with van der Waals surface area (Å²) in [6.45, 7) is 7.05. The average molecular weight is 330 g/mol. The van der Waals surface area contributed by atoms with Gasteiger partial charge in [0, 0.05) is 56.8 Å². The highest BCUT2D eigenvalue weighted by Crippen LogP contribution is 2.39. The fourth-order valence-electron chi connectivity index (χ4n) is 3.94. The van der Waals surface area contributed by atoms with Gasteiger partial charge in [0.15, 0.2) is 0 Å². The fourth-order valence-corrected chi connectivity index (χ4v) is 3.94. The van der Waals surface area contributed by atoms with E-state index >= 15 is 0 Å². The predicted molar refractivity (Wildman–Crippen MR) is 90.5 cm³/mol. The number of hydrogen-bond donors (Lipinski definition) is 0. The van der Waals surface area contributed by atoms with Gasteiger partial charge in [0.25, 0.3) is 5.91 Å². The second-order valence-corrected chi connectivity index (χ2v) is 6.98. The summed E-state index contributed by atoms with van der Waals surface area (Å²) in [7, 11) is 0. The molecule has 130 valence electrons. The quantitative estimate of drug-likeness (QED) is 0.849. The van der Waals surface area contributed by atoms with Gasteiger partial charge in [-0.3, -0.25) is 9.59 Å². The number of hydrogen-bond acceptors (Lipinski definition) is 4. The van der Waals surface area contributed by atoms with Crippen molar-refractivity contribution in [3.8, 4) is 0 Å². The third-order valence-corrected chi connectivity index (χ3v) is 5.35. The third-order valence-electron chi connectivity index (χ3n) is 5.35. The summed E-state index contributed by atoms with van der Waals surface area (Å²) >= 11 is 0. The molecule has 0 unspecified atom stereocenters. The molecular formula is C18H26N4O2. The van der Waals surface area contributed by atoms with Gasteiger partial charge in [0.05, 0.1) is 5.56 Å². The van der Waals surface area contributed by atoms with Crippen molar-refractivity contribution in [2.45, 2.75) is 46.0 Å². The Morgan fingerprint density at radius 1 is 1.21 bits per heavy atom. The Morgan fingerprint density at radius 2 is 1.96 bits per heavy atom. The maximum atomic E-state index is 12.8. The van der Waals surface area contributed by atoms with E-state index < -0.39 is 0 Å². The minimum Gasteiger partial charge on any atom is -0.342 e. The molecule has 6 heteroatoms. The predicted octanol–water partition coefficient (Wildman–Crippen LogP) is 1.90. The summed E-state index contributed by atoms with van der Waals surface area (Å²) in [5, 5.41) is 0. The van der Waals surface area contributed by atoms with Crippen LogP contribution < -0.4 is 0 Å². The zero-order valence-corrected chi connectivity index (χ0v) is 14.6. The maximum absolute atomic E-state index is 12.8. The van der Waals surface area contributed by atoms with E-state index in [1.165, 1.54) is 0 Å². The molecule has 1 aromatic rings. The third kappa shape index (κ3) is 3.28. The van der Waals surface area contributed by atoms with Gasteiger partial charge in [-0.2, -0.15) is 0 Å². The monoisotopic (exact) mass is 330 g/mol. The Hall–Kier alpha value is -1.98. The second kappa shape index (κ2) is 6.87. The molecule has 2 amide bonds. The highest BCUT2D eigenvalue weighted by molar-refractivity contribution is 5.93. The number of carbonyl (C=O) groups is 2. The van der Waals surface area contributed by atoms with Crippen LogP contribution in [0.5, 0.6) is 0 Å². The lowest BCUT2D eigenvalue weighted by atomic mass is 9.73. The van der Waals surface area contributed by atoms with Crippen LogP contribution in [0.3, 0.4) is 0 Å². The molecule has 24 heavy (non-hydrogen) atoms. The standard InChI is InChI=1S/C18H26N4O2/c1-3-15-19-10-14(11-20-15)17(24)22-9-5-7-18(13-22)8-6-16(23)21(4-2)12-18/h10-11H,3-9,12-13H2,1-2H3/t18-/m0/s1. The summed E-state index contributed by atoms with van der Waals surface area (Å²) in [5.74, 6) is 1.01. The number of rotatable bonds is 3. The number of likely N-dealkylation sites (tertiary alicyclic amines) is 2. The molecule has 0 aromatic carbocycles. The lowest BCUT2D eigenvalue weighted by Crippen LogP contribution is -2.55. The molecule has 2 aliphatic rings. The summed E-state index contributed by atoms with van der Waals surface area (Å²) in [5.41, 5.74) is 0.616. The van der Waals surface area contributed by atoms with Crippen molar-refractivity contribution in [2.75, 3.05) is 26.2 Å². The molecule has 0 radical (unpaired) electrons. The highest BCUT2D eigenvalue weighted by Gasteiger charge is 2.42. The molecule has 0 N–H and O–H groups in total. The van der Waals surface area contributed by atoms with Gasteiger partial charge in [-0.1, -0.05) is 6.92 Å². The molecular weight excluding hydrogens is 304 g/mol. The van der Waals surface area contributed by atoms with Crippen LogP contribution in [0, 0.1) is 5.41 Å². The number of aryl methyl sites for hydroxylation is 1. The van der Waals surface area contributed by atoms with E-state index in [4.69, 9.17) is 0 Å². The number of amides is 2. The Kier molecular flexibility index (Phi) is 4.83. The molecule has 2 aliphatic heterocycles. The van der Waals surface area contributed by atoms with Gasteiger partial charge in [-0.15, -0.1) is 0 Å². The molecule has 2 fully saturated rings. The first kappa shape index (κ1) is 16.9. The highest BCUT2D eigenvalue weighted by atomic mass is 16.2. The van der Waals surface area contributed by atoms with E-state index in [-0.39, 0.29) is 17.2 Å². The van der Waals surface area contributed by atoms with Crippen molar-refractivity contribution < 1.29 is 9.59 Å². The summed E-state index contributed by atoms with van der Waals surface area (Å²) < 4.78 is 0. The van der Waals surface area contributed by atoms with Crippen LogP contribution in [-0.4, -0.2) is 57.8 Å².